The number of carboxylic acid groups (broad SMARTS) is 2. The van der Waals surface area contributed by atoms with Gasteiger partial charge in [-0.15, -0.1) is 0 Å². The lowest BCUT2D eigenvalue weighted by Gasteiger charge is -2.22. The molecular weight excluding hydrogens is 466 g/mol. The molecule has 16 nitrogen and oxygen atoms in total. The molecule has 4 atom stereocenters. The molecule has 0 aliphatic heterocycles. The van der Waals surface area contributed by atoms with Gasteiger partial charge in [-0.05, 0) is 19.8 Å². The van der Waals surface area contributed by atoms with Crippen molar-refractivity contribution in [1.29, 1.82) is 0 Å². The number of carbonyl (C=O) groups is 5. The predicted octanol–water partition coefficient (Wildman–Crippen LogP) is -3.63. The normalized spacial score (nSPS) is 14.0. The third-order valence-corrected chi connectivity index (χ3v) is 4.66. The molecule has 0 aliphatic carbocycles. The lowest BCUT2D eigenvalue weighted by Crippen LogP contribution is -2.57. The summed E-state index contributed by atoms with van der Waals surface area (Å²) in [5, 5.41) is 25.3. The third kappa shape index (κ3) is 11.0. The van der Waals surface area contributed by atoms with E-state index in [0.717, 1.165) is 0 Å². The first-order chi connectivity index (χ1) is 16.4. The largest absolute Gasteiger partial charge is 0.481 e. The maximum Gasteiger partial charge on any atom is 0.326 e. The number of aliphatic imine (C=N–C) groups is 1. The molecule has 3 amide bonds. The number of nitrogens with two attached hydrogens (primary N) is 3. The van der Waals surface area contributed by atoms with E-state index in [1.807, 2.05) is 0 Å². The molecule has 1 heterocycles. The summed E-state index contributed by atoms with van der Waals surface area (Å²) in [6.45, 7) is 1.58. The number of nitrogens with one attached hydrogen (secondary N) is 4. The second-order valence-corrected chi connectivity index (χ2v) is 7.63. The molecule has 0 saturated heterocycles. The van der Waals surface area contributed by atoms with E-state index in [1.165, 1.54) is 19.4 Å². The van der Waals surface area contributed by atoms with Crippen LogP contribution in [0.2, 0.25) is 0 Å². The Kier molecular flexibility index (Phi) is 11.6. The number of guanidine groups is 1. The molecule has 0 aliphatic rings. The lowest BCUT2D eigenvalue weighted by molar-refractivity contribution is -0.143. The monoisotopic (exact) mass is 497 g/mol. The predicted molar refractivity (Wildman–Crippen MR) is 122 cm³/mol. The lowest BCUT2D eigenvalue weighted by atomic mass is 10.1. The summed E-state index contributed by atoms with van der Waals surface area (Å²) in [4.78, 5) is 70.2. The van der Waals surface area contributed by atoms with E-state index in [1.54, 1.807) is 0 Å². The van der Waals surface area contributed by atoms with Crippen LogP contribution in [-0.4, -0.2) is 86.5 Å². The maximum atomic E-state index is 12.6. The fourth-order valence-corrected chi connectivity index (χ4v) is 2.81. The molecule has 0 spiro atoms. The Hall–Kier alpha value is -4.21. The Morgan fingerprint density at radius 2 is 1.71 bits per heavy atom. The summed E-state index contributed by atoms with van der Waals surface area (Å²) in [6.07, 6.45) is 2.37. The highest BCUT2D eigenvalue weighted by atomic mass is 16.4. The number of aromatic nitrogens is 2. The Balaban J connectivity index is 2.72. The number of rotatable bonds is 15. The van der Waals surface area contributed by atoms with Crippen molar-refractivity contribution in [2.45, 2.75) is 56.8 Å². The molecule has 1 rings (SSSR count). The van der Waals surface area contributed by atoms with Crippen LogP contribution in [0.5, 0.6) is 0 Å². The van der Waals surface area contributed by atoms with Gasteiger partial charge in [-0.1, -0.05) is 0 Å². The standard InChI is InChI=1S/C19H31N9O7/c1-9(26-16(32)11(20)3-2-4-24-19(21)22)15(31)27-12(6-14(29)30)17(33)28-13(18(34)35)5-10-7-23-8-25-10/h7-9,11-13H,2-6,20H2,1H3,(H,23,25)(H,26,32)(H,27,31)(H,28,33)(H,29,30)(H,34,35)(H4,21,22,24). The van der Waals surface area contributed by atoms with E-state index >= 15 is 0 Å². The van der Waals surface area contributed by atoms with Crippen molar-refractivity contribution >= 4 is 35.6 Å². The minimum Gasteiger partial charge on any atom is -0.481 e. The molecule has 35 heavy (non-hydrogen) atoms. The molecule has 0 saturated carbocycles. The highest BCUT2D eigenvalue weighted by Crippen LogP contribution is 2.02. The zero-order valence-corrected chi connectivity index (χ0v) is 19.1. The van der Waals surface area contributed by atoms with Crippen molar-refractivity contribution in [2.75, 3.05) is 6.54 Å². The van der Waals surface area contributed by atoms with Crippen LogP contribution in [0.4, 0.5) is 0 Å². The van der Waals surface area contributed by atoms with Crippen LogP contribution in [0.15, 0.2) is 17.5 Å². The van der Waals surface area contributed by atoms with Gasteiger partial charge in [0.05, 0.1) is 18.8 Å². The van der Waals surface area contributed by atoms with Crippen LogP contribution in [0.25, 0.3) is 0 Å². The number of aromatic amines is 1. The van der Waals surface area contributed by atoms with Crippen molar-refractivity contribution in [3.63, 3.8) is 0 Å². The average molecular weight is 498 g/mol. The number of nitrogens with zero attached hydrogens (tertiary/aromatic N) is 2. The van der Waals surface area contributed by atoms with Crippen LogP contribution < -0.4 is 33.2 Å². The van der Waals surface area contributed by atoms with Crippen LogP contribution in [0.1, 0.15) is 31.9 Å². The van der Waals surface area contributed by atoms with Gasteiger partial charge in [0.15, 0.2) is 5.96 Å². The molecule has 0 fully saturated rings. The second-order valence-electron chi connectivity index (χ2n) is 7.63. The topological polar surface area (TPSA) is 281 Å². The van der Waals surface area contributed by atoms with E-state index < -0.39 is 60.2 Å². The van der Waals surface area contributed by atoms with E-state index in [0.29, 0.717) is 12.1 Å². The first-order valence-electron chi connectivity index (χ1n) is 10.5. The van der Waals surface area contributed by atoms with E-state index in [4.69, 9.17) is 22.3 Å². The highest BCUT2D eigenvalue weighted by Gasteiger charge is 2.30. The fraction of sp³-hybridized carbons (Fsp3) is 0.526. The van der Waals surface area contributed by atoms with E-state index in [9.17, 15) is 29.1 Å². The smallest absolute Gasteiger partial charge is 0.326 e. The second kappa shape index (κ2) is 14.1. The first-order valence-corrected chi connectivity index (χ1v) is 10.5. The molecule has 1 aromatic rings. The summed E-state index contributed by atoms with van der Waals surface area (Å²) in [5.74, 6) is -5.42. The SMILES string of the molecule is CC(NC(=O)C(N)CCCN=C(N)N)C(=O)NC(CC(=O)O)C(=O)NC(Cc1cnc[nH]1)C(=O)O. The van der Waals surface area contributed by atoms with Gasteiger partial charge in [-0.2, -0.15) is 0 Å². The van der Waals surface area contributed by atoms with Gasteiger partial charge >= 0.3 is 11.9 Å². The van der Waals surface area contributed by atoms with Gasteiger partial charge < -0.3 is 48.3 Å². The number of H-pyrrole nitrogens is 1. The Labute approximate surface area is 200 Å². The number of aliphatic carboxylic acids is 2. The molecule has 4 unspecified atom stereocenters. The highest BCUT2D eigenvalue weighted by molar-refractivity contribution is 5.95. The van der Waals surface area contributed by atoms with Gasteiger partial charge in [0.1, 0.15) is 18.1 Å². The molecule has 16 heteroatoms. The molecule has 0 aromatic carbocycles. The minimum absolute atomic E-state index is 0.0933. The van der Waals surface area contributed by atoms with Crippen LogP contribution in [-0.2, 0) is 30.4 Å². The molecule has 0 radical (unpaired) electrons. The number of carbonyl (C=O) groups excluding carboxylic acids is 3. The molecule has 12 N–H and O–H groups in total. The Morgan fingerprint density at radius 1 is 1.06 bits per heavy atom. The fourth-order valence-electron chi connectivity index (χ4n) is 2.81. The van der Waals surface area contributed by atoms with Gasteiger partial charge in [-0.3, -0.25) is 24.2 Å². The molecule has 1 aromatic heterocycles. The molecule has 194 valence electrons. The van der Waals surface area contributed by atoms with Crippen molar-refractivity contribution in [3.05, 3.63) is 18.2 Å². The Morgan fingerprint density at radius 3 is 2.26 bits per heavy atom. The zero-order chi connectivity index (χ0) is 26.5. The number of amides is 3. The number of hydrogen-bond acceptors (Lipinski definition) is 8. The minimum atomic E-state index is -1.60. The summed E-state index contributed by atoms with van der Waals surface area (Å²) < 4.78 is 0. The Bertz CT molecular complexity index is 916. The summed E-state index contributed by atoms with van der Waals surface area (Å²) in [7, 11) is 0. The van der Waals surface area contributed by atoms with Gasteiger partial charge in [0.2, 0.25) is 17.7 Å². The third-order valence-electron chi connectivity index (χ3n) is 4.66. The number of hydrogen-bond donors (Lipinski definition) is 9. The molecule has 0 bridgehead atoms. The zero-order valence-electron chi connectivity index (χ0n) is 19.1. The first kappa shape index (κ1) is 28.8. The molecular formula is C19H31N9O7. The summed E-state index contributed by atoms with van der Waals surface area (Å²) in [5.41, 5.74) is 16.6. The van der Waals surface area contributed by atoms with Crippen LogP contribution in [0.3, 0.4) is 0 Å². The van der Waals surface area contributed by atoms with Gasteiger partial charge in [0, 0.05) is 24.9 Å². The van der Waals surface area contributed by atoms with Gasteiger partial charge in [-0.25, -0.2) is 9.78 Å². The maximum absolute atomic E-state index is 12.6. The number of imidazole rings is 1. The quantitative estimate of drug-likeness (QED) is 0.0647. The van der Waals surface area contributed by atoms with Crippen molar-refractivity contribution < 1.29 is 34.2 Å². The average Bonchev–Trinajstić information content (AvgIpc) is 3.28. The van der Waals surface area contributed by atoms with Crippen LogP contribution in [0, 0.1) is 0 Å². The van der Waals surface area contributed by atoms with Crippen molar-refractivity contribution in [2.24, 2.45) is 22.2 Å². The van der Waals surface area contributed by atoms with Crippen LogP contribution >= 0.6 is 0 Å². The van der Waals surface area contributed by atoms with E-state index in [2.05, 4.69) is 30.9 Å². The van der Waals surface area contributed by atoms with Crippen molar-refractivity contribution in [3.8, 4) is 0 Å². The summed E-state index contributed by atoms with van der Waals surface area (Å²) >= 11 is 0. The van der Waals surface area contributed by atoms with Gasteiger partial charge in [0.25, 0.3) is 0 Å². The number of carboxylic acids is 2. The van der Waals surface area contributed by atoms with E-state index in [-0.39, 0.29) is 25.3 Å². The van der Waals surface area contributed by atoms with Crippen molar-refractivity contribution in [1.82, 2.24) is 25.9 Å². The summed E-state index contributed by atoms with van der Waals surface area (Å²) in [6, 6.07) is -5.14.